The molecule has 0 aliphatic heterocycles. The summed E-state index contributed by atoms with van der Waals surface area (Å²) >= 11 is 0. The Morgan fingerprint density at radius 1 is 1.04 bits per heavy atom. The lowest BCUT2D eigenvalue weighted by Crippen LogP contribution is -2.04. The Morgan fingerprint density at radius 2 is 1.78 bits per heavy atom. The lowest BCUT2D eigenvalue weighted by Gasteiger charge is -2.21. The molecule has 0 radical (unpaired) electrons. The molecule has 0 aliphatic rings. The van der Waals surface area contributed by atoms with Crippen molar-refractivity contribution < 1.29 is 0 Å². The predicted molar refractivity (Wildman–Crippen MR) is 101 cm³/mol. The zero-order chi connectivity index (χ0) is 17.0. The van der Waals surface area contributed by atoms with Gasteiger partial charge in [0.1, 0.15) is 0 Å². The first-order chi connectivity index (χ1) is 11.0. The van der Waals surface area contributed by atoms with Gasteiger partial charge in [-0.2, -0.15) is 0 Å². The van der Waals surface area contributed by atoms with Gasteiger partial charge in [0, 0.05) is 11.8 Å². The summed E-state index contributed by atoms with van der Waals surface area (Å²) < 4.78 is 0. The van der Waals surface area contributed by atoms with Gasteiger partial charge < -0.3 is 0 Å². The Hall–Kier alpha value is -1.63. The van der Waals surface area contributed by atoms with Crippen LogP contribution in [-0.4, -0.2) is 4.98 Å². The van der Waals surface area contributed by atoms with Crippen LogP contribution >= 0.6 is 0 Å². The molecule has 2 rings (SSSR count). The van der Waals surface area contributed by atoms with Gasteiger partial charge in [0.25, 0.3) is 0 Å². The standard InChI is InChI=1S/C22H31N/c1-7-10-19-12-18(9-3)13-20(16(5)8-2)21(19)22-17(6)11-15(4)14-23-22/h11-14,16H,7-10H2,1-6H3. The van der Waals surface area contributed by atoms with Crippen molar-refractivity contribution in [2.75, 3.05) is 0 Å². The van der Waals surface area contributed by atoms with Crippen molar-refractivity contribution in [1.82, 2.24) is 4.98 Å². The SMILES string of the molecule is CCCc1cc(CC)cc(C(C)CC)c1-c1ncc(C)cc1C. The minimum absolute atomic E-state index is 0.564. The number of hydrogen-bond acceptors (Lipinski definition) is 1. The van der Waals surface area contributed by atoms with Crippen LogP contribution in [-0.2, 0) is 12.8 Å². The third-order valence-electron chi connectivity index (χ3n) is 4.83. The molecule has 0 fully saturated rings. The third-order valence-corrected chi connectivity index (χ3v) is 4.83. The number of nitrogens with zero attached hydrogens (tertiary/aromatic N) is 1. The molecule has 1 heteroatoms. The van der Waals surface area contributed by atoms with Gasteiger partial charge in [0.2, 0.25) is 0 Å². The minimum Gasteiger partial charge on any atom is -0.256 e. The Morgan fingerprint density at radius 3 is 2.35 bits per heavy atom. The average Bonchev–Trinajstić information content (AvgIpc) is 2.54. The Labute approximate surface area is 142 Å². The maximum absolute atomic E-state index is 4.82. The summed E-state index contributed by atoms with van der Waals surface area (Å²) in [5, 5.41) is 0. The van der Waals surface area contributed by atoms with E-state index < -0.39 is 0 Å². The van der Waals surface area contributed by atoms with Crippen molar-refractivity contribution in [3.63, 3.8) is 0 Å². The molecular formula is C22H31N. The van der Waals surface area contributed by atoms with E-state index in [2.05, 4.69) is 59.7 Å². The number of rotatable bonds is 6. The summed E-state index contributed by atoms with van der Waals surface area (Å²) in [6, 6.07) is 7.08. The first kappa shape index (κ1) is 17.7. The van der Waals surface area contributed by atoms with E-state index in [0.29, 0.717) is 5.92 Å². The predicted octanol–water partition coefficient (Wildman–Crippen LogP) is 6.39. The summed E-state index contributed by atoms with van der Waals surface area (Å²) in [5.74, 6) is 0.564. The zero-order valence-electron chi connectivity index (χ0n) is 15.7. The van der Waals surface area contributed by atoms with E-state index in [1.165, 1.54) is 45.5 Å². The van der Waals surface area contributed by atoms with Crippen LogP contribution in [0, 0.1) is 13.8 Å². The minimum atomic E-state index is 0.564. The maximum atomic E-state index is 4.82. The fourth-order valence-corrected chi connectivity index (χ4v) is 3.34. The molecule has 0 saturated carbocycles. The van der Waals surface area contributed by atoms with Gasteiger partial charge in [-0.25, -0.2) is 0 Å². The quantitative estimate of drug-likeness (QED) is 0.602. The molecule has 23 heavy (non-hydrogen) atoms. The smallest absolute Gasteiger partial charge is 0.0736 e. The van der Waals surface area contributed by atoms with Gasteiger partial charge in [0.05, 0.1) is 5.69 Å². The van der Waals surface area contributed by atoms with Crippen molar-refractivity contribution in [2.24, 2.45) is 0 Å². The van der Waals surface area contributed by atoms with Gasteiger partial charge in [-0.1, -0.05) is 52.3 Å². The van der Waals surface area contributed by atoms with Gasteiger partial charge in [-0.3, -0.25) is 4.98 Å². The summed E-state index contributed by atoms with van der Waals surface area (Å²) in [7, 11) is 0. The van der Waals surface area contributed by atoms with E-state index in [-0.39, 0.29) is 0 Å². The lowest BCUT2D eigenvalue weighted by molar-refractivity contribution is 0.730. The first-order valence-electron chi connectivity index (χ1n) is 9.11. The highest BCUT2D eigenvalue weighted by Gasteiger charge is 2.18. The van der Waals surface area contributed by atoms with Crippen molar-refractivity contribution in [3.8, 4) is 11.3 Å². The van der Waals surface area contributed by atoms with Crippen molar-refractivity contribution in [1.29, 1.82) is 0 Å². The second kappa shape index (κ2) is 7.77. The Balaban J connectivity index is 2.76. The van der Waals surface area contributed by atoms with Crippen molar-refractivity contribution in [2.45, 2.75) is 73.1 Å². The maximum Gasteiger partial charge on any atom is 0.0736 e. The summed E-state index contributed by atoms with van der Waals surface area (Å²) in [6.45, 7) is 13.5. The molecule has 1 unspecified atom stereocenters. The van der Waals surface area contributed by atoms with E-state index in [1.807, 2.05) is 6.20 Å². The molecule has 0 spiro atoms. The summed E-state index contributed by atoms with van der Waals surface area (Å²) in [5.41, 5.74) is 9.51. The monoisotopic (exact) mass is 309 g/mol. The van der Waals surface area contributed by atoms with Gasteiger partial charge in [-0.15, -0.1) is 0 Å². The molecule has 2 aromatic rings. The number of pyridine rings is 1. The highest BCUT2D eigenvalue weighted by atomic mass is 14.7. The van der Waals surface area contributed by atoms with Crippen LogP contribution in [0.4, 0.5) is 0 Å². The molecule has 0 N–H and O–H groups in total. The van der Waals surface area contributed by atoms with E-state index >= 15 is 0 Å². The zero-order valence-corrected chi connectivity index (χ0v) is 15.7. The molecule has 124 valence electrons. The first-order valence-corrected chi connectivity index (χ1v) is 9.11. The molecule has 1 nitrogen and oxygen atoms in total. The van der Waals surface area contributed by atoms with E-state index in [9.17, 15) is 0 Å². The fourth-order valence-electron chi connectivity index (χ4n) is 3.34. The lowest BCUT2D eigenvalue weighted by atomic mass is 9.84. The van der Waals surface area contributed by atoms with Crippen LogP contribution in [0.15, 0.2) is 24.4 Å². The number of benzene rings is 1. The molecule has 0 saturated heterocycles. The van der Waals surface area contributed by atoms with Crippen molar-refractivity contribution >= 4 is 0 Å². The topological polar surface area (TPSA) is 12.9 Å². The molecule has 0 aliphatic carbocycles. The highest BCUT2D eigenvalue weighted by Crippen LogP contribution is 2.36. The van der Waals surface area contributed by atoms with Gasteiger partial charge in [0.15, 0.2) is 0 Å². The number of aromatic nitrogens is 1. The molecule has 1 aromatic heterocycles. The Kier molecular flexibility index (Phi) is 5.98. The number of aryl methyl sites for hydroxylation is 4. The molecule has 0 amide bonds. The van der Waals surface area contributed by atoms with Crippen molar-refractivity contribution in [3.05, 3.63) is 52.2 Å². The number of hydrogen-bond donors (Lipinski definition) is 0. The average molecular weight is 309 g/mol. The van der Waals surface area contributed by atoms with Crippen LogP contribution in [0.1, 0.15) is 74.3 Å². The summed E-state index contributed by atoms with van der Waals surface area (Å²) in [6.07, 6.45) is 6.57. The van der Waals surface area contributed by atoms with Crippen LogP contribution in [0.3, 0.4) is 0 Å². The van der Waals surface area contributed by atoms with E-state index in [0.717, 1.165) is 19.3 Å². The molecule has 1 heterocycles. The molecular weight excluding hydrogens is 278 g/mol. The normalized spacial score (nSPS) is 12.4. The molecule has 1 atom stereocenters. The van der Waals surface area contributed by atoms with Crippen LogP contribution in [0.2, 0.25) is 0 Å². The Bertz CT molecular complexity index is 670. The molecule has 1 aromatic carbocycles. The second-order valence-corrected chi connectivity index (χ2v) is 6.81. The van der Waals surface area contributed by atoms with Gasteiger partial charge >= 0.3 is 0 Å². The summed E-state index contributed by atoms with van der Waals surface area (Å²) in [4.78, 5) is 4.82. The fraction of sp³-hybridized carbons (Fsp3) is 0.500. The second-order valence-electron chi connectivity index (χ2n) is 6.81. The molecule has 0 bridgehead atoms. The van der Waals surface area contributed by atoms with Crippen LogP contribution < -0.4 is 0 Å². The van der Waals surface area contributed by atoms with Gasteiger partial charge in [-0.05, 0) is 66.8 Å². The van der Waals surface area contributed by atoms with Crippen LogP contribution in [0.25, 0.3) is 11.3 Å². The van der Waals surface area contributed by atoms with E-state index in [1.54, 1.807) is 0 Å². The highest BCUT2D eigenvalue weighted by molar-refractivity contribution is 5.72. The largest absolute Gasteiger partial charge is 0.256 e. The van der Waals surface area contributed by atoms with Crippen LogP contribution in [0.5, 0.6) is 0 Å². The third kappa shape index (κ3) is 3.83. The van der Waals surface area contributed by atoms with E-state index in [4.69, 9.17) is 4.98 Å².